The van der Waals surface area contributed by atoms with Crippen molar-refractivity contribution in [3.63, 3.8) is 0 Å². The molecule has 1 amide bonds. The van der Waals surface area contributed by atoms with Crippen molar-refractivity contribution in [2.24, 2.45) is 17.4 Å². The molecule has 13 heteroatoms. The number of morpholine rings is 1. The predicted molar refractivity (Wildman–Crippen MR) is 153 cm³/mol. The lowest BCUT2D eigenvalue weighted by molar-refractivity contribution is -0.121. The molecule has 5 aliphatic heterocycles. The number of nitrogens with two attached hydrogens (primary N) is 2. The van der Waals surface area contributed by atoms with Gasteiger partial charge in [0.05, 0.1) is 24.0 Å². The number of carbonyl (C=O) groups excluding carboxylic acids is 2. The quantitative estimate of drug-likeness (QED) is 0.216. The van der Waals surface area contributed by atoms with Gasteiger partial charge < -0.3 is 41.8 Å². The summed E-state index contributed by atoms with van der Waals surface area (Å²) in [7, 11) is 0. The Kier molecular flexibility index (Phi) is 8.95. The van der Waals surface area contributed by atoms with Gasteiger partial charge in [-0.05, 0) is 19.3 Å². The molecule has 0 spiro atoms. The lowest BCUT2D eigenvalue weighted by atomic mass is 9.88. The SMILES string of the molecule is NC(=O)C1NCC(N[C@H]2CCCC[C@H]2N)CC1NC1CNC(C2CSC3C(=O)C=C(N4CCOCC4)OC32)S1. The Labute approximate surface area is 239 Å². The van der Waals surface area contributed by atoms with Crippen molar-refractivity contribution in [1.29, 1.82) is 0 Å². The molecule has 5 heterocycles. The molecule has 0 aromatic carbocycles. The van der Waals surface area contributed by atoms with E-state index in [2.05, 4.69) is 26.2 Å². The van der Waals surface area contributed by atoms with Crippen LogP contribution in [0, 0.1) is 5.92 Å². The monoisotopic (exact) mass is 581 g/mol. The van der Waals surface area contributed by atoms with E-state index < -0.39 is 6.04 Å². The van der Waals surface area contributed by atoms with Crippen LogP contribution in [0.4, 0.5) is 0 Å². The minimum Gasteiger partial charge on any atom is -0.474 e. The second kappa shape index (κ2) is 12.4. The van der Waals surface area contributed by atoms with Crippen LogP contribution in [0.1, 0.15) is 32.1 Å². The number of amides is 1. The highest BCUT2D eigenvalue weighted by molar-refractivity contribution is 8.01. The Morgan fingerprint density at radius 3 is 2.72 bits per heavy atom. The van der Waals surface area contributed by atoms with Crippen molar-refractivity contribution < 1.29 is 19.1 Å². The number of thioether (sulfide) groups is 2. The molecule has 6 rings (SSSR count). The number of nitrogens with one attached hydrogen (secondary N) is 4. The van der Waals surface area contributed by atoms with E-state index in [1.807, 2.05) is 11.8 Å². The first-order valence-corrected chi connectivity index (χ1v) is 16.5. The molecule has 8 unspecified atom stereocenters. The number of rotatable bonds is 7. The third-order valence-electron chi connectivity index (χ3n) is 9.02. The Morgan fingerprint density at radius 1 is 1.10 bits per heavy atom. The van der Waals surface area contributed by atoms with Crippen molar-refractivity contribution in [2.75, 3.05) is 45.1 Å². The second-order valence-electron chi connectivity index (χ2n) is 11.7. The number of nitrogens with zero attached hydrogens (tertiary/aromatic N) is 1. The topological polar surface area (TPSA) is 156 Å². The van der Waals surface area contributed by atoms with Gasteiger partial charge >= 0.3 is 0 Å². The van der Waals surface area contributed by atoms with Crippen molar-refractivity contribution in [3.8, 4) is 0 Å². The van der Waals surface area contributed by atoms with E-state index in [4.69, 9.17) is 20.9 Å². The largest absolute Gasteiger partial charge is 0.474 e. The van der Waals surface area contributed by atoms with Gasteiger partial charge in [0.15, 0.2) is 11.7 Å². The molecule has 10 atom stereocenters. The van der Waals surface area contributed by atoms with E-state index >= 15 is 0 Å². The molecule has 0 radical (unpaired) electrons. The van der Waals surface area contributed by atoms with Gasteiger partial charge in [-0.25, -0.2) is 0 Å². The van der Waals surface area contributed by atoms with Gasteiger partial charge in [-0.1, -0.05) is 12.8 Å². The molecule has 0 aromatic rings. The molecule has 1 saturated carbocycles. The first kappa shape index (κ1) is 28.1. The maximum Gasteiger partial charge on any atom is 0.236 e. The van der Waals surface area contributed by atoms with E-state index in [0.29, 0.717) is 31.7 Å². The van der Waals surface area contributed by atoms with Crippen molar-refractivity contribution in [2.45, 2.75) is 84.4 Å². The third-order valence-corrected chi connectivity index (χ3v) is 11.9. The van der Waals surface area contributed by atoms with E-state index in [1.54, 1.807) is 17.8 Å². The maximum atomic E-state index is 13.0. The van der Waals surface area contributed by atoms with Crippen molar-refractivity contribution in [1.82, 2.24) is 26.2 Å². The van der Waals surface area contributed by atoms with Gasteiger partial charge in [0, 0.05) is 68.1 Å². The molecule has 39 heavy (non-hydrogen) atoms. The summed E-state index contributed by atoms with van der Waals surface area (Å²) in [6.45, 7) is 4.29. The normalized spacial score (nSPS) is 43.1. The predicted octanol–water partition coefficient (Wildman–Crippen LogP) is -1.12. The summed E-state index contributed by atoms with van der Waals surface area (Å²) in [5.74, 6) is 1.63. The number of piperidine rings is 1. The van der Waals surface area contributed by atoms with Crippen molar-refractivity contribution in [3.05, 3.63) is 12.0 Å². The molecule has 5 fully saturated rings. The fraction of sp³-hybridized carbons (Fsp3) is 0.846. The average molecular weight is 582 g/mol. The molecule has 0 bridgehead atoms. The molecule has 218 valence electrons. The summed E-state index contributed by atoms with van der Waals surface area (Å²) in [6.07, 6.45) is 6.95. The second-order valence-corrected chi connectivity index (χ2v) is 14.2. The van der Waals surface area contributed by atoms with E-state index in [0.717, 1.165) is 44.6 Å². The number of fused-ring (bicyclic) bond motifs is 1. The number of hydrogen-bond acceptors (Lipinski definition) is 12. The van der Waals surface area contributed by atoms with Crippen LogP contribution in [0.5, 0.6) is 0 Å². The van der Waals surface area contributed by atoms with Crippen LogP contribution in [0.3, 0.4) is 0 Å². The minimum absolute atomic E-state index is 0.0688. The highest BCUT2D eigenvalue weighted by Gasteiger charge is 2.50. The Bertz CT molecular complexity index is 938. The summed E-state index contributed by atoms with van der Waals surface area (Å²) in [6, 6.07) is 0.275. The Hall–Kier alpha value is -1.06. The molecule has 4 saturated heterocycles. The summed E-state index contributed by atoms with van der Waals surface area (Å²) in [5, 5.41) is 14.7. The Morgan fingerprint density at radius 2 is 1.92 bits per heavy atom. The van der Waals surface area contributed by atoms with Crippen molar-refractivity contribution >= 4 is 35.2 Å². The molecular formula is C26H43N7O4S2. The number of allylic oxidation sites excluding steroid dienone is 1. The number of primary amides is 1. The first-order valence-electron chi connectivity index (χ1n) is 14.5. The van der Waals surface area contributed by atoms with Gasteiger partial charge in [0.25, 0.3) is 0 Å². The zero-order chi connectivity index (χ0) is 26.9. The van der Waals surface area contributed by atoms with Crippen LogP contribution in [-0.4, -0.2) is 114 Å². The number of ether oxygens (including phenoxy) is 2. The van der Waals surface area contributed by atoms with Gasteiger partial charge in [0.2, 0.25) is 5.91 Å². The van der Waals surface area contributed by atoms with Crippen LogP contribution in [0.15, 0.2) is 12.0 Å². The summed E-state index contributed by atoms with van der Waals surface area (Å²) in [5.41, 5.74) is 12.2. The first-order chi connectivity index (χ1) is 19.0. The fourth-order valence-electron chi connectivity index (χ4n) is 6.89. The molecular weight excluding hydrogens is 538 g/mol. The molecule has 1 aliphatic carbocycles. The molecule has 8 N–H and O–H groups in total. The minimum atomic E-state index is -0.408. The van der Waals surface area contributed by atoms with Gasteiger partial charge in [0.1, 0.15) is 17.4 Å². The maximum absolute atomic E-state index is 13.0. The summed E-state index contributed by atoms with van der Waals surface area (Å²) >= 11 is 3.56. The lowest BCUT2D eigenvalue weighted by Gasteiger charge is -2.40. The smallest absolute Gasteiger partial charge is 0.236 e. The summed E-state index contributed by atoms with van der Waals surface area (Å²) in [4.78, 5) is 27.4. The highest BCUT2D eigenvalue weighted by Crippen LogP contribution is 2.44. The number of hydrogen-bond donors (Lipinski definition) is 6. The number of ketones is 1. The summed E-state index contributed by atoms with van der Waals surface area (Å²) < 4.78 is 12.0. The lowest BCUT2D eigenvalue weighted by Crippen LogP contribution is -2.66. The van der Waals surface area contributed by atoms with Gasteiger partial charge in [-0.2, -0.15) is 0 Å². The van der Waals surface area contributed by atoms with E-state index in [-0.39, 0.29) is 57.8 Å². The van der Waals surface area contributed by atoms with E-state index in [1.165, 1.54) is 12.8 Å². The zero-order valence-electron chi connectivity index (χ0n) is 22.4. The molecule has 0 aromatic heterocycles. The van der Waals surface area contributed by atoms with Crippen LogP contribution in [0.25, 0.3) is 0 Å². The number of carbonyl (C=O) groups is 2. The standard InChI is InChI=1S/C26H43N7O4S2/c27-16-3-1-2-4-17(16)31-14-9-18(22(25(28)35)29-11-14)32-20-12-30-26(39-20)15-13-38-24-19(34)10-21(37-23(15)24)33-5-7-36-8-6-33/h10,14-18,20,22-24,26,29-32H,1-9,11-13,27H2,(H2,28,35)/t14?,15?,16-,17+,18?,20?,22?,23?,24?,26?/m1/s1. The average Bonchev–Trinajstić information content (AvgIpc) is 3.58. The van der Waals surface area contributed by atoms with Crippen LogP contribution >= 0.6 is 23.5 Å². The van der Waals surface area contributed by atoms with Crippen LogP contribution in [-0.2, 0) is 19.1 Å². The van der Waals surface area contributed by atoms with Gasteiger partial charge in [-0.3, -0.25) is 14.9 Å². The highest BCUT2D eigenvalue weighted by atomic mass is 32.2. The molecule has 11 nitrogen and oxygen atoms in total. The third kappa shape index (κ3) is 6.25. The Balaban J connectivity index is 1.06. The fourth-order valence-corrected chi connectivity index (χ4v) is 9.95. The van der Waals surface area contributed by atoms with Crippen LogP contribution < -0.4 is 32.7 Å². The van der Waals surface area contributed by atoms with Crippen LogP contribution in [0.2, 0.25) is 0 Å². The molecule has 6 aliphatic rings. The van der Waals surface area contributed by atoms with E-state index in [9.17, 15) is 9.59 Å². The zero-order valence-corrected chi connectivity index (χ0v) is 24.0. The van der Waals surface area contributed by atoms with Gasteiger partial charge in [-0.15, -0.1) is 23.5 Å².